The maximum absolute atomic E-state index is 11.9. The average Bonchev–Trinajstić information content (AvgIpc) is 3.01. The average molecular weight is 319 g/mol. The number of aryl methyl sites for hydroxylation is 2. The second-order valence-corrected chi connectivity index (χ2v) is 5.65. The molecule has 2 aromatic heterocycles. The number of allylic oxidation sites excluding steroid dienone is 1. The van der Waals surface area contributed by atoms with Crippen molar-refractivity contribution >= 4 is 17.6 Å². The number of carbonyl (C=O) groups excluding carboxylic acids is 1. The van der Waals surface area contributed by atoms with Crippen LogP contribution in [0.2, 0.25) is 0 Å². The van der Waals surface area contributed by atoms with Crippen molar-refractivity contribution in [3.63, 3.8) is 0 Å². The first-order valence-electron chi connectivity index (χ1n) is 7.51. The molecule has 0 atom stereocenters. The fraction of sp³-hybridized carbons (Fsp3) is 0.167. The Bertz CT molecular complexity index is 892. The maximum Gasteiger partial charge on any atom is 0.181 e. The minimum absolute atomic E-state index is 0.0896. The van der Waals surface area contributed by atoms with Crippen molar-refractivity contribution in [2.75, 3.05) is 0 Å². The quantitative estimate of drug-likeness (QED) is 0.691. The maximum atomic E-state index is 11.9. The molecule has 0 fully saturated rings. The lowest BCUT2D eigenvalue weighted by Gasteiger charge is -2.03. The zero-order chi connectivity index (χ0) is 17.1. The molecule has 2 heterocycles. The van der Waals surface area contributed by atoms with Crippen molar-refractivity contribution < 1.29 is 4.79 Å². The first-order chi connectivity index (χ1) is 11.5. The summed E-state index contributed by atoms with van der Waals surface area (Å²) in [5, 5.41) is 4.45. The lowest BCUT2D eigenvalue weighted by molar-refractivity contribution is -0.111. The van der Waals surface area contributed by atoms with Crippen LogP contribution in [-0.2, 0) is 4.79 Å². The minimum atomic E-state index is -0.0896. The predicted molar refractivity (Wildman–Crippen MR) is 91.8 cm³/mol. The SMILES string of the molecule is CC(=O)/C(=C/n1cnc(-c2cc(C)cc(C)c2)n1)c1cncnc1. The lowest BCUT2D eigenvalue weighted by Crippen LogP contribution is -2.00. The van der Waals surface area contributed by atoms with Gasteiger partial charge in [0.25, 0.3) is 0 Å². The molecule has 0 saturated carbocycles. The number of carbonyl (C=O) groups is 1. The third kappa shape index (κ3) is 3.43. The van der Waals surface area contributed by atoms with Gasteiger partial charge in [0.1, 0.15) is 12.7 Å². The van der Waals surface area contributed by atoms with E-state index in [0.29, 0.717) is 17.0 Å². The van der Waals surface area contributed by atoms with E-state index in [0.717, 1.165) is 16.7 Å². The third-order valence-corrected chi connectivity index (χ3v) is 3.50. The summed E-state index contributed by atoms with van der Waals surface area (Å²) < 4.78 is 1.54. The topological polar surface area (TPSA) is 73.6 Å². The van der Waals surface area contributed by atoms with Crippen LogP contribution in [0.5, 0.6) is 0 Å². The molecule has 0 radical (unpaired) electrons. The van der Waals surface area contributed by atoms with Crippen molar-refractivity contribution in [2.24, 2.45) is 0 Å². The van der Waals surface area contributed by atoms with Crippen LogP contribution in [0.4, 0.5) is 0 Å². The monoisotopic (exact) mass is 319 g/mol. The van der Waals surface area contributed by atoms with Crippen LogP contribution >= 0.6 is 0 Å². The highest BCUT2D eigenvalue weighted by atomic mass is 16.1. The van der Waals surface area contributed by atoms with Gasteiger partial charge >= 0.3 is 0 Å². The summed E-state index contributed by atoms with van der Waals surface area (Å²) in [6.07, 6.45) is 7.85. The first-order valence-corrected chi connectivity index (χ1v) is 7.51. The molecule has 0 N–H and O–H groups in total. The number of aromatic nitrogens is 5. The summed E-state index contributed by atoms with van der Waals surface area (Å²) in [5.74, 6) is 0.526. The van der Waals surface area contributed by atoms with E-state index in [2.05, 4.69) is 26.1 Å². The fourth-order valence-corrected chi connectivity index (χ4v) is 2.51. The second-order valence-electron chi connectivity index (χ2n) is 5.65. The van der Waals surface area contributed by atoms with Gasteiger partial charge in [0.15, 0.2) is 11.6 Å². The molecule has 24 heavy (non-hydrogen) atoms. The number of ketones is 1. The van der Waals surface area contributed by atoms with Crippen LogP contribution in [0.25, 0.3) is 23.2 Å². The number of hydrogen-bond acceptors (Lipinski definition) is 5. The molecule has 3 rings (SSSR count). The number of nitrogens with zero attached hydrogens (tertiary/aromatic N) is 5. The van der Waals surface area contributed by atoms with Crippen molar-refractivity contribution in [1.82, 2.24) is 24.7 Å². The highest BCUT2D eigenvalue weighted by Gasteiger charge is 2.10. The Hall–Kier alpha value is -3.15. The van der Waals surface area contributed by atoms with Gasteiger partial charge in [-0.2, -0.15) is 0 Å². The van der Waals surface area contributed by atoms with Gasteiger partial charge in [0, 0.05) is 35.3 Å². The third-order valence-electron chi connectivity index (χ3n) is 3.50. The van der Waals surface area contributed by atoms with Gasteiger partial charge in [-0.1, -0.05) is 17.2 Å². The number of benzene rings is 1. The van der Waals surface area contributed by atoms with Gasteiger partial charge in [-0.25, -0.2) is 19.6 Å². The van der Waals surface area contributed by atoms with Crippen LogP contribution in [-0.4, -0.2) is 30.5 Å². The van der Waals surface area contributed by atoms with Crippen molar-refractivity contribution in [2.45, 2.75) is 20.8 Å². The van der Waals surface area contributed by atoms with E-state index in [1.54, 1.807) is 24.9 Å². The zero-order valence-electron chi connectivity index (χ0n) is 13.8. The minimum Gasteiger partial charge on any atom is -0.294 e. The van der Waals surface area contributed by atoms with E-state index in [9.17, 15) is 4.79 Å². The van der Waals surface area contributed by atoms with Gasteiger partial charge in [-0.15, -0.1) is 5.10 Å². The Morgan fingerprint density at radius 1 is 1.08 bits per heavy atom. The van der Waals surface area contributed by atoms with E-state index in [1.165, 1.54) is 17.9 Å². The van der Waals surface area contributed by atoms with Crippen LogP contribution in [0.1, 0.15) is 23.6 Å². The van der Waals surface area contributed by atoms with E-state index >= 15 is 0 Å². The molecule has 0 aliphatic rings. The van der Waals surface area contributed by atoms with Crippen molar-refractivity contribution in [3.8, 4) is 11.4 Å². The molecule has 120 valence electrons. The summed E-state index contributed by atoms with van der Waals surface area (Å²) in [5.41, 5.74) is 4.39. The number of rotatable bonds is 4. The summed E-state index contributed by atoms with van der Waals surface area (Å²) in [6, 6.07) is 6.17. The Balaban J connectivity index is 1.99. The Morgan fingerprint density at radius 2 is 1.75 bits per heavy atom. The Kier molecular flexibility index (Phi) is 4.29. The van der Waals surface area contributed by atoms with E-state index in [4.69, 9.17) is 0 Å². The standard InChI is InChI=1S/C18H17N5O/c1-12-4-13(2)6-15(5-12)18-21-11-23(22-18)9-17(14(3)24)16-7-19-10-20-8-16/h4-11H,1-3H3/b17-9-. The molecular formula is C18H17N5O. The van der Waals surface area contributed by atoms with Crippen LogP contribution in [0, 0.1) is 13.8 Å². The summed E-state index contributed by atoms with van der Waals surface area (Å²) in [7, 11) is 0. The largest absolute Gasteiger partial charge is 0.294 e. The van der Waals surface area contributed by atoms with Gasteiger partial charge in [-0.05, 0) is 32.9 Å². The van der Waals surface area contributed by atoms with Crippen molar-refractivity contribution in [3.05, 3.63) is 59.9 Å². The highest BCUT2D eigenvalue weighted by molar-refractivity contribution is 6.22. The predicted octanol–water partition coefficient (Wildman–Crippen LogP) is 2.94. The van der Waals surface area contributed by atoms with E-state index in [-0.39, 0.29) is 5.78 Å². The van der Waals surface area contributed by atoms with Crippen molar-refractivity contribution in [1.29, 1.82) is 0 Å². The second kappa shape index (κ2) is 6.54. The summed E-state index contributed by atoms with van der Waals surface area (Å²) >= 11 is 0. The van der Waals surface area contributed by atoms with Gasteiger partial charge in [0.2, 0.25) is 0 Å². The van der Waals surface area contributed by atoms with Gasteiger partial charge in [-0.3, -0.25) is 4.79 Å². The molecular weight excluding hydrogens is 302 g/mol. The molecule has 6 nitrogen and oxygen atoms in total. The molecule has 3 aromatic rings. The molecule has 0 amide bonds. The lowest BCUT2D eigenvalue weighted by atomic mass is 10.1. The molecule has 0 saturated heterocycles. The normalized spacial score (nSPS) is 11.5. The Morgan fingerprint density at radius 3 is 2.38 bits per heavy atom. The number of hydrogen-bond donors (Lipinski definition) is 0. The number of Topliss-reactive ketones (excluding diaryl/α,β-unsaturated/α-hetero) is 1. The van der Waals surface area contributed by atoms with Crippen LogP contribution in [0.15, 0.2) is 43.2 Å². The van der Waals surface area contributed by atoms with E-state index in [1.807, 2.05) is 26.0 Å². The summed E-state index contributed by atoms with van der Waals surface area (Å²) in [6.45, 7) is 5.58. The molecule has 1 aromatic carbocycles. The summed E-state index contributed by atoms with van der Waals surface area (Å²) in [4.78, 5) is 24.2. The van der Waals surface area contributed by atoms with E-state index < -0.39 is 0 Å². The first kappa shape index (κ1) is 15.7. The molecule has 0 aliphatic heterocycles. The van der Waals surface area contributed by atoms with Gasteiger partial charge < -0.3 is 0 Å². The molecule has 0 bridgehead atoms. The fourth-order valence-electron chi connectivity index (χ4n) is 2.51. The molecule has 6 heteroatoms. The molecule has 0 spiro atoms. The highest BCUT2D eigenvalue weighted by Crippen LogP contribution is 2.19. The smallest absolute Gasteiger partial charge is 0.181 e. The molecule has 0 aliphatic carbocycles. The molecule has 0 unspecified atom stereocenters. The van der Waals surface area contributed by atoms with Crippen LogP contribution in [0.3, 0.4) is 0 Å². The Labute approximate surface area is 139 Å². The zero-order valence-corrected chi connectivity index (χ0v) is 13.8. The van der Waals surface area contributed by atoms with Crippen LogP contribution < -0.4 is 0 Å². The van der Waals surface area contributed by atoms with Gasteiger partial charge in [0.05, 0.1) is 0 Å².